The fraction of sp³-hybridized carbons (Fsp3) is 0.500. The number of hydrogen-bond acceptors (Lipinski definition) is 3. The molecule has 1 aliphatic rings. The average Bonchev–Trinajstić information content (AvgIpc) is 2.47. The molecule has 4 N–H and O–H groups in total. The summed E-state index contributed by atoms with van der Waals surface area (Å²) in [6.07, 6.45) is 1.55. The van der Waals surface area contributed by atoms with E-state index < -0.39 is 11.4 Å². The van der Waals surface area contributed by atoms with Gasteiger partial charge in [0.2, 0.25) is 11.8 Å². The van der Waals surface area contributed by atoms with Crippen LogP contribution in [-0.4, -0.2) is 24.4 Å². The zero-order chi connectivity index (χ0) is 15.5. The third-order valence-electron chi connectivity index (χ3n) is 4.21. The van der Waals surface area contributed by atoms with Gasteiger partial charge in [0.25, 0.3) is 0 Å². The first-order chi connectivity index (χ1) is 9.93. The van der Waals surface area contributed by atoms with Gasteiger partial charge in [0, 0.05) is 12.0 Å². The van der Waals surface area contributed by atoms with Crippen LogP contribution in [0, 0.1) is 5.92 Å². The molecule has 1 aromatic rings. The predicted molar refractivity (Wildman–Crippen MR) is 81.3 cm³/mol. The van der Waals surface area contributed by atoms with E-state index in [1.54, 1.807) is 19.1 Å². The second-order valence-corrected chi connectivity index (χ2v) is 5.92. The Labute approximate surface area is 125 Å². The van der Waals surface area contributed by atoms with Gasteiger partial charge in [0.15, 0.2) is 0 Å². The normalized spacial score (nSPS) is 24.9. The first kappa shape index (κ1) is 15.5. The highest BCUT2D eigenvalue weighted by Gasteiger charge is 2.37. The standard InChI is InChI=1S/C16H23N3O2/c1-11-10-12(8-9-18-11)14(20)19-16(2,15(17)21)13-6-4-3-5-7-13/h3-7,11-12,18H,8-10H2,1-2H3,(H2,17,21)(H,19,20)/t11-,12-,16?/m0/s1. The number of benzene rings is 1. The first-order valence-electron chi connectivity index (χ1n) is 7.34. The van der Waals surface area contributed by atoms with Gasteiger partial charge < -0.3 is 16.4 Å². The van der Waals surface area contributed by atoms with Crippen molar-refractivity contribution in [1.29, 1.82) is 0 Å². The van der Waals surface area contributed by atoms with E-state index in [0.29, 0.717) is 11.6 Å². The minimum atomic E-state index is -1.17. The number of nitrogens with one attached hydrogen (secondary N) is 2. The van der Waals surface area contributed by atoms with Gasteiger partial charge in [-0.25, -0.2) is 0 Å². The number of carbonyl (C=O) groups is 2. The van der Waals surface area contributed by atoms with Gasteiger partial charge in [-0.15, -0.1) is 0 Å². The molecule has 1 aromatic carbocycles. The Morgan fingerprint density at radius 3 is 2.57 bits per heavy atom. The number of hydrogen-bond donors (Lipinski definition) is 3. The molecule has 0 saturated carbocycles. The van der Waals surface area contributed by atoms with Crippen molar-refractivity contribution in [3.63, 3.8) is 0 Å². The maximum Gasteiger partial charge on any atom is 0.247 e. The number of amides is 2. The highest BCUT2D eigenvalue weighted by Crippen LogP contribution is 2.23. The van der Waals surface area contributed by atoms with Crippen molar-refractivity contribution in [1.82, 2.24) is 10.6 Å². The van der Waals surface area contributed by atoms with Crippen LogP contribution in [0.3, 0.4) is 0 Å². The van der Waals surface area contributed by atoms with Gasteiger partial charge in [-0.3, -0.25) is 9.59 Å². The van der Waals surface area contributed by atoms with Crippen molar-refractivity contribution in [2.24, 2.45) is 11.7 Å². The van der Waals surface area contributed by atoms with Crippen LogP contribution in [-0.2, 0) is 15.1 Å². The molecular formula is C16H23N3O2. The molecule has 5 nitrogen and oxygen atoms in total. The van der Waals surface area contributed by atoms with Crippen molar-refractivity contribution < 1.29 is 9.59 Å². The highest BCUT2D eigenvalue weighted by atomic mass is 16.2. The smallest absolute Gasteiger partial charge is 0.247 e. The zero-order valence-corrected chi connectivity index (χ0v) is 12.6. The van der Waals surface area contributed by atoms with E-state index in [9.17, 15) is 9.59 Å². The van der Waals surface area contributed by atoms with E-state index >= 15 is 0 Å². The molecule has 0 aliphatic carbocycles. The minimum absolute atomic E-state index is 0.0800. The van der Waals surface area contributed by atoms with Crippen LogP contribution in [0.15, 0.2) is 30.3 Å². The maximum absolute atomic E-state index is 12.5. The number of piperidine rings is 1. The summed E-state index contributed by atoms with van der Waals surface area (Å²) in [4.78, 5) is 24.4. The Morgan fingerprint density at radius 1 is 1.33 bits per heavy atom. The van der Waals surface area contributed by atoms with Crippen molar-refractivity contribution in [3.8, 4) is 0 Å². The Balaban J connectivity index is 2.17. The molecule has 1 saturated heterocycles. The summed E-state index contributed by atoms with van der Waals surface area (Å²) in [5.41, 5.74) is 5.07. The molecule has 1 unspecified atom stereocenters. The van der Waals surface area contributed by atoms with Crippen LogP contribution in [0.5, 0.6) is 0 Å². The Hall–Kier alpha value is -1.88. The lowest BCUT2D eigenvalue weighted by Crippen LogP contribution is -2.55. The van der Waals surface area contributed by atoms with Gasteiger partial charge in [-0.2, -0.15) is 0 Å². The number of primary amides is 1. The highest BCUT2D eigenvalue weighted by molar-refractivity contribution is 5.91. The van der Waals surface area contributed by atoms with Gasteiger partial charge in [-0.05, 0) is 38.8 Å². The van der Waals surface area contributed by atoms with Crippen LogP contribution in [0.4, 0.5) is 0 Å². The fourth-order valence-corrected chi connectivity index (χ4v) is 2.77. The zero-order valence-electron chi connectivity index (χ0n) is 12.6. The monoisotopic (exact) mass is 289 g/mol. The summed E-state index contributed by atoms with van der Waals surface area (Å²) < 4.78 is 0. The molecule has 1 fully saturated rings. The predicted octanol–water partition coefficient (Wildman–Crippen LogP) is 0.891. The van der Waals surface area contributed by atoms with Crippen LogP contribution < -0.4 is 16.4 Å². The second kappa shape index (κ2) is 6.26. The van der Waals surface area contributed by atoms with E-state index in [-0.39, 0.29) is 11.8 Å². The van der Waals surface area contributed by atoms with Crippen molar-refractivity contribution >= 4 is 11.8 Å². The molecule has 3 atom stereocenters. The summed E-state index contributed by atoms with van der Waals surface area (Å²) in [6, 6.07) is 9.43. The third-order valence-corrected chi connectivity index (χ3v) is 4.21. The molecule has 0 bridgehead atoms. The SMILES string of the molecule is C[C@H]1C[C@@H](C(=O)NC(C)(C(N)=O)c2ccccc2)CCN1. The lowest BCUT2D eigenvalue weighted by atomic mass is 9.87. The van der Waals surface area contributed by atoms with Crippen LogP contribution >= 0.6 is 0 Å². The van der Waals surface area contributed by atoms with Crippen LogP contribution in [0.2, 0.25) is 0 Å². The molecule has 0 radical (unpaired) electrons. The molecule has 2 rings (SSSR count). The minimum Gasteiger partial charge on any atom is -0.367 e. The molecule has 2 amide bonds. The summed E-state index contributed by atoms with van der Waals surface area (Å²) in [5.74, 6) is -0.735. The van der Waals surface area contributed by atoms with E-state index in [1.165, 1.54) is 0 Å². The average molecular weight is 289 g/mol. The van der Waals surface area contributed by atoms with Gasteiger partial charge >= 0.3 is 0 Å². The van der Waals surface area contributed by atoms with E-state index in [1.807, 2.05) is 18.2 Å². The first-order valence-corrected chi connectivity index (χ1v) is 7.34. The topological polar surface area (TPSA) is 84.2 Å². The number of nitrogens with two attached hydrogens (primary N) is 1. The fourth-order valence-electron chi connectivity index (χ4n) is 2.77. The molecule has 21 heavy (non-hydrogen) atoms. The number of rotatable bonds is 4. The number of carbonyl (C=O) groups excluding carboxylic acids is 2. The van der Waals surface area contributed by atoms with E-state index in [0.717, 1.165) is 19.4 Å². The van der Waals surface area contributed by atoms with Gasteiger partial charge in [0.05, 0.1) is 0 Å². The largest absolute Gasteiger partial charge is 0.367 e. The van der Waals surface area contributed by atoms with Crippen LogP contribution in [0.25, 0.3) is 0 Å². The summed E-state index contributed by atoms with van der Waals surface area (Å²) in [7, 11) is 0. The lowest BCUT2D eigenvalue weighted by molar-refractivity contribution is -0.134. The van der Waals surface area contributed by atoms with Crippen LogP contribution in [0.1, 0.15) is 32.3 Å². The third kappa shape index (κ3) is 3.42. The van der Waals surface area contributed by atoms with E-state index in [2.05, 4.69) is 17.6 Å². The summed E-state index contributed by atoms with van der Waals surface area (Å²) in [5, 5.41) is 6.17. The van der Waals surface area contributed by atoms with Crippen molar-refractivity contribution in [2.75, 3.05) is 6.54 Å². The quantitative estimate of drug-likeness (QED) is 0.769. The molecular weight excluding hydrogens is 266 g/mol. The molecule has 0 spiro atoms. The molecule has 0 aromatic heterocycles. The molecule has 114 valence electrons. The molecule has 1 aliphatic heterocycles. The summed E-state index contributed by atoms with van der Waals surface area (Å²) >= 11 is 0. The van der Waals surface area contributed by atoms with Crippen molar-refractivity contribution in [3.05, 3.63) is 35.9 Å². The maximum atomic E-state index is 12.5. The Morgan fingerprint density at radius 2 is 2.00 bits per heavy atom. The van der Waals surface area contributed by atoms with Gasteiger partial charge in [-0.1, -0.05) is 30.3 Å². The molecule has 5 heteroatoms. The van der Waals surface area contributed by atoms with E-state index in [4.69, 9.17) is 5.73 Å². The Kier molecular flexibility index (Phi) is 4.63. The lowest BCUT2D eigenvalue weighted by Gasteiger charge is -2.33. The molecule has 1 heterocycles. The summed E-state index contributed by atoms with van der Waals surface area (Å²) in [6.45, 7) is 4.54. The Bertz CT molecular complexity index is 518. The second-order valence-electron chi connectivity index (χ2n) is 5.92. The van der Waals surface area contributed by atoms with Crippen molar-refractivity contribution in [2.45, 2.75) is 38.3 Å². The van der Waals surface area contributed by atoms with Gasteiger partial charge in [0.1, 0.15) is 5.54 Å².